The van der Waals surface area contributed by atoms with E-state index in [4.69, 9.17) is 0 Å². The number of rotatable bonds is 1. The van der Waals surface area contributed by atoms with Crippen molar-refractivity contribution in [1.82, 2.24) is 4.75 Å². The first-order valence-electron chi connectivity index (χ1n) is 2.71. The van der Waals surface area contributed by atoms with Crippen LogP contribution in [0, 0.1) is 6.92 Å². The highest BCUT2D eigenvalue weighted by molar-refractivity contribution is 7.89. The molecule has 0 spiro atoms. The molecule has 0 aliphatic rings. The summed E-state index contributed by atoms with van der Waals surface area (Å²) in [5, 5.41) is 1.48. The van der Waals surface area contributed by atoms with Gasteiger partial charge in [0.05, 0.1) is 5.69 Å². The van der Waals surface area contributed by atoms with Gasteiger partial charge in [0.2, 0.25) is 0 Å². The molecule has 0 fully saturated rings. The lowest BCUT2D eigenvalue weighted by atomic mass is 10.3. The summed E-state index contributed by atoms with van der Waals surface area (Å²) in [6.45, 7) is 4.33. The molecule has 1 aromatic heterocycles. The van der Waals surface area contributed by atoms with Crippen LogP contribution in [0.4, 0.5) is 0 Å². The highest BCUT2D eigenvalue weighted by Gasteiger charge is 1.94. The third-order valence-corrected chi connectivity index (χ3v) is 3.82. The standard InChI is InChI=1S/C5H9NP2/c1-3-5-4(2)7-8-6-5/h8H,3H2,1-2H3. The van der Waals surface area contributed by atoms with Crippen molar-refractivity contribution in [2.24, 2.45) is 0 Å². The van der Waals surface area contributed by atoms with Crippen molar-refractivity contribution >= 4 is 15.9 Å². The first kappa shape index (κ1) is 6.26. The van der Waals surface area contributed by atoms with Gasteiger partial charge in [-0.2, -0.15) is 0 Å². The lowest BCUT2D eigenvalue weighted by Gasteiger charge is -1.85. The van der Waals surface area contributed by atoms with E-state index in [1.54, 1.807) is 0 Å². The molecule has 0 radical (unpaired) electrons. The Morgan fingerprint density at radius 2 is 2.50 bits per heavy atom. The van der Waals surface area contributed by atoms with Crippen LogP contribution in [0.25, 0.3) is 0 Å². The Morgan fingerprint density at radius 3 is 2.75 bits per heavy atom. The number of aromatic nitrogens is 1. The summed E-state index contributed by atoms with van der Waals surface area (Å²) >= 11 is 0. The lowest BCUT2D eigenvalue weighted by molar-refractivity contribution is 1.07. The van der Waals surface area contributed by atoms with Crippen molar-refractivity contribution in [3.05, 3.63) is 11.0 Å². The minimum atomic E-state index is 0.799. The van der Waals surface area contributed by atoms with E-state index in [1.165, 1.54) is 18.9 Å². The van der Waals surface area contributed by atoms with Gasteiger partial charge in [0.25, 0.3) is 0 Å². The van der Waals surface area contributed by atoms with E-state index in [2.05, 4.69) is 18.6 Å². The van der Waals surface area contributed by atoms with Crippen LogP contribution in [0.15, 0.2) is 0 Å². The zero-order valence-corrected chi connectivity index (χ0v) is 7.00. The van der Waals surface area contributed by atoms with Crippen LogP contribution < -0.4 is 0 Å². The first-order chi connectivity index (χ1) is 3.84. The Balaban J connectivity index is 2.92. The summed E-state index contributed by atoms with van der Waals surface area (Å²) < 4.78 is 4.33. The maximum absolute atomic E-state index is 4.33. The summed E-state index contributed by atoms with van der Waals surface area (Å²) in [5.74, 6) is 0. The van der Waals surface area contributed by atoms with Crippen LogP contribution in [0.3, 0.4) is 0 Å². The van der Waals surface area contributed by atoms with Crippen molar-refractivity contribution in [2.45, 2.75) is 20.3 Å². The molecule has 1 atom stereocenters. The molecule has 1 aromatic rings. The van der Waals surface area contributed by atoms with E-state index >= 15 is 0 Å². The molecule has 3 heteroatoms. The van der Waals surface area contributed by atoms with Gasteiger partial charge in [-0.05, 0) is 29.2 Å². The fraction of sp³-hybridized carbons (Fsp3) is 0.600. The van der Waals surface area contributed by atoms with Gasteiger partial charge in [-0.3, -0.25) is 0 Å². The zero-order chi connectivity index (χ0) is 5.98. The Kier molecular flexibility index (Phi) is 2.05. The summed E-state index contributed by atoms with van der Waals surface area (Å²) in [4.78, 5) is 0. The van der Waals surface area contributed by atoms with Gasteiger partial charge in [0.1, 0.15) is 0 Å². The van der Waals surface area contributed by atoms with Crippen molar-refractivity contribution in [3.63, 3.8) is 0 Å². The Bertz CT molecular complexity index is 171. The van der Waals surface area contributed by atoms with E-state index in [-0.39, 0.29) is 0 Å². The quantitative estimate of drug-likeness (QED) is 0.591. The predicted octanol–water partition coefficient (Wildman–Crippen LogP) is 2.56. The highest BCUT2D eigenvalue weighted by Crippen LogP contribution is 2.26. The van der Waals surface area contributed by atoms with Crippen LogP contribution in [0.2, 0.25) is 0 Å². The fourth-order valence-electron chi connectivity index (χ4n) is 0.641. The van der Waals surface area contributed by atoms with Gasteiger partial charge in [0.15, 0.2) is 0 Å². The maximum Gasteiger partial charge on any atom is 0.0521 e. The third kappa shape index (κ3) is 1.10. The fourth-order valence-corrected chi connectivity index (χ4v) is 3.07. The van der Waals surface area contributed by atoms with E-state index in [1.807, 2.05) is 0 Å². The molecule has 0 aliphatic carbocycles. The van der Waals surface area contributed by atoms with Gasteiger partial charge in [-0.15, -0.1) is 0 Å². The molecule has 1 unspecified atom stereocenters. The average Bonchev–Trinajstić information content (AvgIpc) is 2.14. The number of hydrogen-bond acceptors (Lipinski definition) is 1. The first-order valence-corrected chi connectivity index (χ1v) is 5.39. The maximum atomic E-state index is 4.33. The normalized spacial score (nSPS) is 11.8. The van der Waals surface area contributed by atoms with Crippen molar-refractivity contribution < 1.29 is 0 Å². The van der Waals surface area contributed by atoms with Crippen LogP contribution in [0.1, 0.15) is 17.9 Å². The Hall–Kier alpha value is 0.140. The second kappa shape index (κ2) is 2.62. The Morgan fingerprint density at radius 1 is 1.75 bits per heavy atom. The second-order valence-electron chi connectivity index (χ2n) is 1.71. The average molecular weight is 145 g/mol. The van der Waals surface area contributed by atoms with Gasteiger partial charge in [-0.1, -0.05) is 6.92 Å². The zero-order valence-electron chi connectivity index (χ0n) is 5.10. The molecular formula is C5H9NP2. The molecule has 0 aliphatic heterocycles. The minimum absolute atomic E-state index is 0.799. The van der Waals surface area contributed by atoms with Gasteiger partial charge in [-0.25, -0.2) is 4.75 Å². The van der Waals surface area contributed by atoms with E-state index < -0.39 is 0 Å². The lowest BCUT2D eigenvalue weighted by Crippen LogP contribution is -1.78. The topological polar surface area (TPSA) is 12.9 Å². The number of aryl methyl sites for hydroxylation is 2. The van der Waals surface area contributed by atoms with Crippen LogP contribution in [-0.4, -0.2) is 4.75 Å². The SMILES string of the molecule is CCc1n[pH]pc1C. The molecule has 8 heavy (non-hydrogen) atoms. The molecule has 1 nitrogen and oxygen atoms in total. The van der Waals surface area contributed by atoms with E-state index in [9.17, 15) is 0 Å². The molecule has 44 valence electrons. The Labute approximate surface area is 52.7 Å². The van der Waals surface area contributed by atoms with Crippen LogP contribution in [-0.2, 0) is 6.42 Å². The predicted molar refractivity (Wildman–Crippen MR) is 40.4 cm³/mol. The minimum Gasteiger partial charge on any atom is -0.240 e. The van der Waals surface area contributed by atoms with Gasteiger partial charge >= 0.3 is 0 Å². The van der Waals surface area contributed by atoms with E-state index in [0.29, 0.717) is 0 Å². The number of hydrogen-bond donors (Lipinski definition) is 0. The largest absolute Gasteiger partial charge is 0.240 e. The summed E-state index contributed by atoms with van der Waals surface area (Å²) in [6.07, 6.45) is 1.12. The monoisotopic (exact) mass is 145 g/mol. The number of nitrogens with zero attached hydrogens (tertiary/aromatic N) is 1. The second-order valence-corrected chi connectivity index (χ2v) is 4.30. The van der Waals surface area contributed by atoms with E-state index in [0.717, 1.165) is 14.4 Å². The molecule has 0 bridgehead atoms. The van der Waals surface area contributed by atoms with Crippen molar-refractivity contribution in [1.29, 1.82) is 0 Å². The molecule has 0 aromatic carbocycles. The van der Waals surface area contributed by atoms with Crippen LogP contribution in [0.5, 0.6) is 0 Å². The molecule has 0 saturated heterocycles. The van der Waals surface area contributed by atoms with Gasteiger partial charge in [0, 0.05) is 5.30 Å². The highest BCUT2D eigenvalue weighted by atomic mass is 31.8. The summed E-state index contributed by atoms with van der Waals surface area (Å²) in [5.41, 5.74) is 1.34. The molecule has 0 saturated carbocycles. The molecule has 1 heterocycles. The van der Waals surface area contributed by atoms with Crippen LogP contribution >= 0.6 is 15.9 Å². The van der Waals surface area contributed by atoms with Crippen molar-refractivity contribution in [2.75, 3.05) is 0 Å². The van der Waals surface area contributed by atoms with Gasteiger partial charge < -0.3 is 0 Å². The smallest absolute Gasteiger partial charge is 0.0521 e. The summed E-state index contributed by atoms with van der Waals surface area (Å²) in [6, 6.07) is 0. The molecule has 0 amide bonds. The third-order valence-electron chi connectivity index (χ3n) is 1.16. The summed E-state index contributed by atoms with van der Waals surface area (Å²) in [7, 11) is 2.24. The molecular weight excluding hydrogens is 136 g/mol. The molecule has 0 N–H and O–H groups in total. The van der Waals surface area contributed by atoms with Crippen molar-refractivity contribution in [3.8, 4) is 0 Å². The molecule has 1 rings (SSSR count).